The summed E-state index contributed by atoms with van der Waals surface area (Å²) in [6.45, 7) is 5.33. The Bertz CT molecular complexity index is 1400. The highest BCUT2D eigenvalue weighted by Crippen LogP contribution is 2.29. The maximum atomic E-state index is 12.9. The number of ether oxygens (including phenoxy) is 1. The van der Waals surface area contributed by atoms with Crippen molar-refractivity contribution in [2.24, 2.45) is 0 Å². The second kappa shape index (κ2) is 10.2. The molecule has 186 valence electrons. The molecular formula is C25H25N5O5S. The number of carbonyl (C=O) groups is 2. The molecule has 1 atom stereocenters. The van der Waals surface area contributed by atoms with E-state index in [1.54, 1.807) is 51.1 Å². The molecule has 36 heavy (non-hydrogen) atoms. The smallest absolute Gasteiger partial charge is 0.329 e. The number of pyridine rings is 1. The first-order chi connectivity index (χ1) is 17.1. The Labute approximate surface area is 211 Å². The van der Waals surface area contributed by atoms with Gasteiger partial charge in [-0.1, -0.05) is 35.6 Å². The van der Waals surface area contributed by atoms with Crippen molar-refractivity contribution < 1.29 is 24.5 Å². The van der Waals surface area contributed by atoms with Crippen LogP contribution in [0.25, 0.3) is 10.9 Å². The van der Waals surface area contributed by atoms with E-state index in [1.165, 1.54) is 24.4 Å². The normalized spacial score (nSPS) is 12.2. The maximum absolute atomic E-state index is 12.9. The average molecular weight is 508 g/mol. The van der Waals surface area contributed by atoms with Crippen molar-refractivity contribution in [3.63, 3.8) is 0 Å². The fourth-order valence-electron chi connectivity index (χ4n) is 3.39. The highest BCUT2D eigenvalue weighted by molar-refractivity contribution is 7.19. The van der Waals surface area contributed by atoms with Gasteiger partial charge in [0.15, 0.2) is 5.75 Å². The molecule has 0 saturated heterocycles. The van der Waals surface area contributed by atoms with Crippen molar-refractivity contribution in [2.45, 2.75) is 38.8 Å². The van der Waals surface area contributed by atoms with Crippen molar-refractivity contribution in [3.05, 3.63) is 65.9 Å². The van der Waals surface area contributed by atoms with Crippen molar-refractivity contribution in [1.82, 2.24) is 15.2 Å². The van der Waals surface area contributed by atoms with Gasteiger partial charge in [0.05, 0.1) is 5.56 Å². The van der Waals surface area contributed by atoms with Crippen molar-refractivity contribution in [3.8, 4) is 11.5 Å². The average Bonchev–Trinajstić information content (AvgIpc) is 3.26. The number of benzene rings is 2. The summed E-state index contributed by atoms with van der Waals surface area (Å²) in [5.74, 6) is -1.16. The molecule has 0 aliphatic heterocycles. The summed E-state index contributed by atoms with van der Waals surface area (Å²) in [7, 11) is 0. The lowest BCUT2D eigenvalue weighted by Gasteiger charge is -2.24. The third kappa shape index (κ3) is 6.05. The molecule has 2 heterocycles. The lowest BCUT2D eigenvalue weighted by atomic mass is 10.1. The van der Waals surface area contributed by atoms with Gasteiger partial charge in [0.2, 0.25) is 10.3 Å². The molecule has 4 rings (SSSR count). The molecule has 0 spiro atoms. The second-order valence-electron chi connectivity index (χ2n) is 9.00. The summed E-state index contributed by atoms with van der Waals surface area (Å²) >= 11 is 1.03. The largest absolute Gasteiger partial charge is 0.508 e. The fourth-order valence-corrected chi connectivity index (χ4v) is 4.08. The minimum atomic E-state index is -0.791. The summed E-state index contributed by atoms with van der Waals surface area (Å²) in [5.41, 5.74) is 0.474. The highest BCUT2D eigenvalue weighted by atomic mass is 32.1. The fraction of sp³-hybridized carbons (Fsp3) is 0.240. The predicted octanol–water partition coefficient (Wildman–Crippen LogP) is 4.11. The van der Waals surface area contributed by atoms with E-state index in [0.717, 1.165) is 16.9 Å². The van der Waals surface area contributed by atoms with Crippen molar-refractivity contribution in [1.29, 1.82) is 0 Å². The number of hydrogen-bond donors (Lipinski definition) is 4. The van der Waals surface area contributed by atoms with Gasteiger partial charge in [0, 0.05) is 18.0 Å². The molecule has 1 amide bonds. The molecule has 2 aromatic carbocycles. The number of amides is 1. The van der Waals surface area contributed by atoms with Crippen LogP contribution in [0.15, 0.2) is 54.7 Å². The number of fused-ring (bicyclic) bond motifs is 1. The summed E-state index contributed by atoms with van der Waals surface area (Å²) in [5, 5.41) is 34.9. The zero-order valence-electron chi connectivity index (χ0n) is 19.8. The molecule has 1 unspecified atom stereocenters. The number of hydrogen-bond acceptors (Lipinski definition) is 10. The van der Waals surface area contributed by atoms with Crippen LogP contribution in [0.1, 0.15) is 36.7 Å². The standard InChI is InChI=1S/C25H25N5O5S/c1-25(2,3)35-22(34)18(13-14-6-9-16(31)10-7-14)27-23-29-30-24(36-23)28-21(33)17-11-8-15-5-4-12-26-19(15)20(17)32/h4-12,18,31-32H,13H2,1-3H3,(H,27,29)(H,28,30,33). The molecule has 0 aliphatic rings. The lowest BCUT2D eigenvalue weighted by Crippen LogP contribution is -2.38. The van der Waals surface area contributed by atoms with Crippen molar-refractivity contribution in [2.75, 3.05) is 10.6 Å². The molecule has 0 bridgehead atoms. The number of nitrogens with zero attached hydrogens (tertiary/aromatic N) is 3. The Hall–Kier alpha value is -4.25. The SMILES string of the molecule is CC(C)(C)OC(=O)C(Cc1ccc(O)cc1)Nc1nnc(NC(=O)c2ccc3cccnc3c2O)s1. The summed E-state index contributed by atoms with van der Waals surface area (Å²) < 4.78 is 5.55. The van der Waals surface area contributed by atoms with Gasteiger partial charge in [0.25, 0.3) is 5.91 Å². The van der Waals surface area contributed by atoms with E-state index >= 15 is 0 Å². The zero-order chi connectivity index (χ0) is 25.9. The molecule has 4 N–H and O–H groups in total. The molecule has 0 aliphatic carbocycles. The van der Waals surface area contributed by atoms with Gasteiger partial charge >= 0.3 is 5.97 Å². The molecular weight excluding hydrogens is 482 g/mol. The van der Waals surface area contributed by atoms with Crippen LogP contribution in [0.4, 0.5) is 10.3 Å². The summed E-state index contributed by atoms with van der Waals surface area (Å²) in [6, 6.07) is 12.4. The Morgan fingerprint density at radius 1 is 1.03 bits per heavy atom. The van der Waals surface area contributed by atoms with E-state index in [4.69, 9.17) is 4.74 Å². The maximum Gasteiger partial charge on any atom is 0.329 e. The number of carbonyl (C=O) groups excluding carboxylic acids is 2. The van der Waals surface area contributed by atoms with Crippen LogP contribution in [0.5, 0.6) is 11.5 Å². The summed E-state index contributed by atoms with van der Waals surface area (Å²) in [6.07, 6.45) is 1.81. The van der Waals surface area contributed by atoms with Gasteiger partial charge in [0.1, 0.15) is 22.9 Å². The minimum Gasteiger partial charge on any atom is -0.508 e. The molecule has 0 fully saturated rings. The van der Waals surface area contributed by atoms with E-state index in [-0.39, 0.29) is 28.6 Å². The first-order valence-electron chi connectivity index (χ1n) is 11.1. The van der Waals surface area contributed by atoms with Crippen molar-refractivity contribution >= 4 is 44.4 Å². The van der Waals surface area contributed by atoms with Crippen LogP contribution >= 0.6 is 11.3 Å². The predicted molar refractivity (Wildman–Crippen MR) is 136 cm³/mol. The number of aromatic hydroxyl groups is 2. The Kier molecular flexibility index (Phi) is 7.02. The summed E-state index contributed by atoms with van der Waals surface area (Å²) in [4.78, 5) is 29.8. The topological polar surface area (TPSA) is 147 Å². The molecule has 0 radical (unpaired) electrons. The lowest BCUT2D eigenvalue weighted by molar-refractivity contribution is -0.155. The third-order valence-corrected chi connectivity index (χ3v) is 5.77. The number of esters is 1. The van der Waals surface area contributed by atoms with Crippen LogP contribution in [-0.2, 0) is 16.0 Å². The molecule has 11 heteroatoms. The van der Waals surface area contributed by atoms with Crippen LogP contribution in [0, 0.1) is 0 Å². The van der Waals surface area contributed by atoms with Gasteiger partial charge in [-0.15, -0.1) is 10.2 Å². The first kappa shape index (κ1) is 24.9. The highest BCUT2D eigenvalue weighted by Gasteiger charge is 2.27. The first-order valence-corrected chi connectivity index (χ1v) is 11.9. The third-order valence-electron chi connectivity index (χ3n) is 5.00. The number of nitrogens with one attached hydrogen (secondary N) is 2. The number of phenolic OH excluding ortho intramolecular Hbond substituents is 2. The quantitative estimate of drug-likeness (QED) is 0.271. The molecule has 10 nitrogen and oxygen atoms in total. The van der Waals surface area contributed by atoms with Gasteiger partial charge < -0.3 is 20.3 Å². The number of phenols is 2. The van der Waals surface area contributed by atoms with Crippen LogP contribution in [-0.4, -0.2) is 48.9 Å². The van der Waals surface area contributed by atoms with E-state index in [0.29, 0.717) is 16.0 Å². The van der Waals surface area contributed by atoms with Gasteiger partial charge in [-0.05, 0) is 50.6 Å². The Balaban J connectivity index is 1.49. The Morgan fingerprint density at radius 3 is 2.47 bits per heavy atom. The van der Waals surface area contributed by atoms with Crippen LogP contribution < -0.4 is 10.6 Å². The zero-order valence-corrected chi connectivity index (χ0v) is 20.7. The van der Waals surface area contributed by atoms with Gasteiger partial charge in [-0.3, -0.25) is 15.1 Å². The van der Waals surface area contributed by atoms with E-state index in [9.17, 15) is 19.8 Å². The van der Waals surface area contributed by atoms with E-state index < -0.39 is 23.5 Å². The molecule has 4 aromatic rings. The molecule has 2 aromatic heterocycles. The number of anilines is 2. The second-order valence-corrected chi connectivity index (χ2v) is 9.98. The van der Waals surface area contributed by atoms with E-state index in [1.807, 2.05) is 0 Å². The minimum absolute atomic E-state index is 0.0462. The van der Waals surface area contributed by atoms with Gasteiger partial charge in [-0.25, -0.2) is 4.79 Å². The van der Waals surface area contributed by atoms with Crippen LogP contribution in [0.3, 0.4) is 0 Å². The van der Waals surface area contributed by atoms with Gasteiger partial charge in [-0.2, -0.15) is 0 Å². The Morgan fingerprint density at radius 2 is 1.75 bits per heavy atom. The monoisotopic (exact) mass is 507 g/mol. The molecule has 0 saturated carbocycles. The number of rotatable bonds is 7. The van der Waals surface area contributed by atoms with E-state index in [2.05, 4.69) is 25.8 Å². The van der Waals surface area contributed by atoms with Crippen LogP contribution in [0.2, 0.25) is 0 Å². The number of aromatic nitrogens is 3.